The Hall–Kier alpha value is -1.26. The van der Waals surface area contributed by atoms with Crippen LogP contribution in [0.3, 0.4) is 0 Å². The van der Waals surface area contributed by atoms with Gasteiger partial charge in [-0.15, -0.1) is 6.58 Å². The van der Waals surface area contributed by atoms with Gasteiger partial charge in [0.1, 0.15) is 0 Å². The van der Waals surface area contributed by atoms with E-state index in [2.05, 4.69) is 17.2 Å². The van der Waals surface area contributed by atoms with E-state index >= 15 is 0 Å². The van der Waals surface area contributed by atoms with Gasteiger partial charge in [0.15, 0.2) is 0 Å². The van der Waals surface area contributed by atoms with Crippen molar-refractivity contribution in [2.24, 2.45) is 0 Å². The molecule has 0 atom stereocenters. The third kappa shape index (κ3) is 6.47. The summed E-state index contributed by atoms with van der Waals surface area (Å²) in [5, 5.41) is 6.13. The number of anilines is 1. The molecule has 18 heavy (non-hydrogen) atoms. The molecule has 2 N–H and O–H groups in total. The third-order valence-corrected chi connectivity index (χ3v) is 3.23. The predicted molar refractivity (Wildman–Crippen MR) is 80.0 cm³/mol. The Bertz CT molecular complexity index is 376. The highest BCUT2D eigenvalue weighted by molar-refractivity contribution is 7.99. The van der Waals surface area contributed by atoms with Gasteiger partial charge < -0.3 is 10.6 Å². The van der Waals surface area contributed by atoms with E-state index in [4.69, 9.17) is 0 Å². The first kappa shape index (κ1) is 14.8. The van der Waals surface area contributed by atoms with E-state index in [1.165, 1.54) is 12.5 Å². The highest BCUT2D eigenvalue weighted by atomic mass is 32.2. The van der Waals surface area contributed by atoms with Crippen LogP contribution in [-0.2, 0) is 11.3 Å². The van der Waals surface area contributed by atoms with E-state index in [0.717, 1.165) is 30.3 Å². The molecule has 98 valence electrons. The van der Waals surface area contributed by atoms with E-state index in [1.807, 2.05) is 42.1 Å². The quantitative estimate of drug-likeness (QED) is 0.560. The SMILES string of the molecule is C=CCSCCNCc1ccc(NC(C)=O)cc1. The topological polar surface area (TPSA) is 41.1 Å². The largest absolute Gasteiger partial charge is 0.326 e. The van der Waals surface area contributed by atoms with Crippen molar-refractivity contribution in [2.75, 3.05) is 23.4 Å². The Morgan fingerprint density at radius 2 is 2.11 bits per heavy atom. The molecule has 3 nitrogen and oxygen atoms in total. The lowest BCUT2D eigenvalue weighted by molar-refractivity contribution is -0.114. The van der Waals surface area contributed by atoms with Crippen molar-refractivity contribution >= 4 is 23.4 Å². The minimum Gasteiger partial charge on any atom is -0.326 e. The zero-order valence-electron chi connectivity index (χ0n) is 10.7. The van der Waals surface area contributed by atoms with E-state index in [9.17, 15) is 4.79 Å². The molecule has 0 unspecified atom stereocenters. The van der Waals surface area contributed by atoms with E-state index in [1.54, 1.807) is 0 Å². The second-order valence-corrected chi connectivity index (χ2v) is 5.07. The van der Waals surface area contributed by atoms with Crippen LogP contribution in [0.1, 0.15) is 12.5 Å². The van der Waals surface area contributed by atoms with Crippen LogP contribution in [0.5, 0.6) is 0 Å². The molecule has 0 saturated heterocycles. The van der Waals surface area contributed by atoms with Gasteiger partial charge in [-0.1, -0.05) is 18.2 Å². The molecule has 0 aliphatic heterocycles. The van der Waals surface area contributed by atoms with Gasteiger partial charge in [0, 0.05) is 37.2 Å². The molecule has 0 fully saturated rings. The lowest BCUT2D eigenvalue weighted by atomic mass is 10.2. The third-order valence-electron chi connectivity index (χ3n) is 2.26. The Balaban J connectivity index is 2.22. The fourth-order valence-corrected chi connectivity index (χ4v) is 2.07. The maximum atomic E-state index is 10.9. The van der Waals surface area contributed by atoms with Crippen LogP contribution >= 0.6 is 11.8 Å². The van der Waals surface area contributed by atoms with Gasteiger partial charge in [-0.05, 0) is 17.7 Å². The number of nitrogens with one attached hydrogen (secondary N) is 2. The second kappa shape index (κ2) is 8.78. The van der Waals surface area contributed by atoms with Gasteiger partial charge in [-0.25, -0.2) is 0 Å². The van der Waals surface area contributed by atoms with Gasteiger partial charge in [-0.3, -0.25) is 4.79 Å². The minimum atomic E-state index is -0.0416. The van der Waals surface area contributed by atoms with Crippen LogP contribution in [0.15, 0.2) is 36.9 Å². The molecule has 0 saturated carbocycles. The molecule has 1 amide bonds. The summed E-state index contributed by atoms with van der Waals surface area (Å²) < 4.78 is 0. The first-order valence-electron chi connectivity index (χ1n) is 5.98. The molecule has 0 aliphatic rings. The number of thioether (sulfide) groups is 1. The summed E-state index contributed by atoms with van der Waals surface area (Å²) in [6.07, 6.45) is 1.92. The van der Waals surface area contributed by atoms with Gasteiger partial charge in [-0.2, -0.15) is 11.8 Å². The van der Waals surface area contributed by atoms with Crippen molar-refractivity contribution in [3.05, 3.63) is 42.5 Å². The number of hydrogen-bond acceptors (Lipinski definition) is 3. The summed E-state index contributed by atoms with van der Waals surface area (Å²) >= 11 is 1.87. The first-order valence-corrected chi connectivity index (χ1v) is 7.13. The van der Waals surface area contributed by atoms with Crippen molar-refractivity contribution in [2.45, 2.75) is 13.5 Å². The second-order valence-electron chi connectivity index (χ2n) is 3.92. The van der Waals surface area contributed by atoms with Crippen LogP contribution in [0.25, 0.3) is 0 Å². The van der Waals surface area contributed by atoms with Crippen molar-refractivity contribution in [1.82, 2.24) is 5.32 Å². The Morgan fingerprint density at radius 1 is 1.39 bits per heavy atom. The van der Waals surface area contributed by atoms with E-state index in [0.29, 0.717) is 0 Å². The normalized spacial score (nSPS) is 10.1. The van der Waals surface area contributed by atoms with Crippen LogP contribution in [0.4, 0.5) is 5.69 Å². The number of amides is 1. The minimum absolute atomic E-state index is 0.0416. The molecule has 1 aromatic carbocycles. The van der Waals surface area contributed by atoms with Gasteiger partial charge in [0.05, 0.1) is 0 Å². The molecule has 1 rings (SSSR count). The summed E-state index contributed by atoms with van der Waals surface area (Å²) in [4.78, 5) is 10.9. The number of rotatable bonds is 8. The highest BCUT2D eigenvalue weighted by Crippen LogP contribution is 2.09. The zero-order chi connectivity index (χ0) is 13.2. The predicted octanol–water partition coefficient (Wildman–Crippen LogP) is 2.65. The van der Waals surface area contributed by atoms with Crippen molar-refractivity contribution in [3.63, 3.8) is 0 Å². The zero-order valence-corrected chi connectivity index (χ0v) is 11.6. The average molecular weight is 264 g/mol. The van der Waals surface area contributed by atoms with Crippen molar-refractivity contribution in [1.29, 1.82) is 0 Å². The summed E-state index contributed by atoms with van der Waals surface area (Å²) in [6, 6.07) is 7.89. The summed E-state index contributed by atoms with van der Waals surface area (Å²) in [7, 11) is 0. The average Bonchev–Trinajstić information content (AvgIpc) is 2.35. The van der Waals surface area contributed by atoms with Crippen LogP contribution < -0.4 is 10.6 Å². The first-order chi connectivity index (χ1) is 8.72. The number of carbonyl (C=O) groups excluding carboxylic acids is 1. The monoisotopic (exact) mass is 264 g/mol. The van der Waals surface area contributed by atoms with Crippen molar-refractivity contribution < 1.29 is 4.79 Å². The molecule has 0 spiro atoms. The smallest absolute Gasteiger partial charge is 0.221 e. The standard InChI is InChI=1S/C14H20N2OS/c1-3-9-18-10-8-15-11-13-4-6-14(7-5-13)16-12(2)17/h3-7,15H,1,8-11H2,2H3,(H,16,17). The molecule has 0 radical (unpaired) electrons. The Labute approximate surface area is 113 Å². The molecule has 0 aromatic heterocycles. The lowest BCUT2D eigenvalue weighted by Crippen LogP contribution is -2.16. The number of carbonyl (C=O) groups is 1. The molecule has 4 heteroatoms. The fourth-order valence-electron chi connectivity index (χ4n) is 1.45. The maximum absolute atomic E-state index is 10.9. The number of benzene rings is 1. The maximum Gasteiger partial charge on any atom is 0.221 e. The van der Waals surface area contributed by atoms with E-state index < -0.39 is 0 Å². The lowest BCUT2D eigenvalue weighted by Gasteiger charge is -2.06. The Morgan fingerprint density at radius 3 is 2.72 bits per heavy atom. The van der Waals surface area contributed by atoms with Gasteiger partial charge >= 0.3 is 0 Å². The van der Waals surface area contributed by atoms with Gasteiger partial charge in [0.2, 0.25) is 5.91 Å². The fraction of sp³-hybridized carbons (Fsp3) is 0.357. The molecule has 0 bridgehead atoms. The molecule has 0 aliphatic carbocycles. The van der Waals surface area contributed by atoms with Gasteiger partial charge in [0.25, 0.3) is 0 Å². The van der Waals surface area contributed by atoms with Crippen LogP contribution in [0, 0.1) is 0 Å². The van der Waals surface area contributed by atoms with E-state index in [-0.39, 0.29) is 5.91 Å². The van der Waals surface area contributed by atoms with Crippen LogP contribution in [-0.4, -0.2) is 24.0 Å². The number of hydrogen-bond donors (Lipinski definition) is 2. The highest BCUT2D eigenvalue weighted by Gasteiger charge is 1.96. The molecular weight excluding hydrogens is 244 g/mol. The molecule has 1 aromatic rings. The van der Waals surface area contributed by atoms with Crippen LogP contribution in [0.2, 0.25) is 0 Å². The summed E-state index contributed by atoms with van der Waals surface area (Å²) in [5.41, 5.74) is 2.06. The Kier molecular flexibility index (Phi) is 7.22. The molecule has 0 heterocycles. The summed E-state index contributed by atoms with van der Waals surface area (Å²) in [5.74, 6) is 2.06. The van der Waals surface area contributed by atoms with Crippen molar-refractivity contribution in [3.8, 4) is 0 Å². The molecular formula is C14H20N2OS. The summed E-state index contributed by atoms with van der Waals surface area (Å²) in [6.45, 7) is 7.04.